The highest BCUT2D eigenvalue weighted by Gasteiger charge is 2.01. The molecule has 1 rings (SSSR count). The number of nitriles is 1. The van der Waals surface area contributed by atoms with E-state index in [1.807, 2.05) is 6.07 Å². The zero-order valence-corrected chi connectivity index (χ0v) is 8.04. The van der Waals surface area contributed by atoms with Crippen LogP contribution in [-0.2, 0) is 19.3 Å². The molecule has 3 heteroatoms. The molecule has 0 aromatic carbocycles. The van der Waals surface area contributed by atoms with Crippen LogP contribution < -0.4 is 0 Å². The minimum atomic E-state index is 0.306. The number of aromatic nitrogens is 2. The van der Waals surface area contributed by atoms with Crippen molar-refractivity contribution in [2.75, 3.05) is 0 Å². The van der Waals surface area contributed by atoms with Gasteiger partial charge in [-0.05, 0) is 18.9 Å². The summed E-state index contributed by atoms with van der Waals surface area (Å²) in [6.45, 7) is 4.11. The van der Waals surface area contributed by atoms with E-state index >= 15 is 0 Å². The minimum Gasteiger partial charge on any atom is -0.237 e. The van der Waals surface area contributed by atoms with Gasteiger partial charge in [0.15, 0.2) is 0 Å². The van der Waals surface area contributed by atoms with E-state index < -0.39 is 0 Å². The van der Waals surface area contributed by atoms with Crippen LogP contribution in [0.25, 0.3) is 0 Å². The molecule has 0 bridgehead atoms. The van der Waals surface area contributed by atoms with Gasteiger partial charge in [0.1, 0.15) is 5.82 Å². The molecule has 13 heavy (non-hydrogen) atoms. The molecule has 0 aliphatic rings. The standard InChI is InChI=1S/C10H13N3/c1-3-8-7-9(4-2)13-10(12-8)5-6-11/h7H,3-5H2,1-2H3. The molecule has 0 amide bonds. The molecule has 0 spiro atoms. The molecule has 1 aromatic heterocycles. The van der Waals surface area contributed by atoms with Crippen molar-refractivity contribution in [3.05, 3.63) is 23.3 Å². The van der Waals surface area contributed by atoms with Crippen LogP contribution in [0.1, 0.15) is 31.1 Å². The molecule has 68 valence electrons. The van der Waals surface area contributed by atoms with Gasteiger partial charge in [-0.1, -0.05) is 13.8 Å². The fraction of sp³-hybridized carbons (Fsp3) is 0.500. The number of hydrogen-bond donors (Lipinski definition) is 0. The van der Waals surface area contributed by atoms with Gasteiger partial charge in [-0.25, -0.2) is 9.97 Å². The smallest absolute Gasteiger partial charge is 0.142 e. The first-order chi connectivity index (χ1) is 6.30. The van der Waals surface area contributed by atoms with Gasteiger partial charge in [-0.15, -0.1) is 0 Å². The van der Waals surface area contributed by atoms with E-state index in [4.69, 9.17) is 5.26 Å². The Kier molecular flexibility index (Phi) is 3.39. The fourth-order valence-electron chi connectivity index (χ4n) is 1.13. The van der Waals surface area contributed by atoms with Crippen molar-refractivity contribution in [2.24, 2.45) is 0 Å². The molecule has 0 atom stereocenters. The lowest BCUT2D eigenvalue weighted by Gasteiger charge is -2.02. The van der Waals surface area contributed by atoms with E-state index in [9.17, 15) is 0 Å². The molecule has 0 N–H and O–H groups in total. The van der Waals surface area contributed by atoms with Crippen LogP contribution in [0.2, 0.25) is 0 Å². The van der Waals surface area contributed by atoms with E-state index in [1.54, 1.807) is 0 Å². The topological polar surface area (TPSA) is 49.6 Å². The molecule has 0 aliphatic heterocycles. The molecule has 3 nitrogen and oxygen atoms in total. The summed E-state index contributed by atoms with van der Waals surface area (Å²) in [5.74, 6) is 0.652. The summed E-state index contributed by atoms with van der Waals surface area (Å²) < 4.78 is 0. The van der Waals surface area contributed by atoms with Crippen molar-refractivity contribution in [3.8, 4) is 6.07 Å². The predicted molar refractivity (Wildman–Crippen MR) is 50.1 cm³/mol. The Hall–Kier alpha value is -1.43. The zero-order chi connectivity index (χ0) is 9.68. The third kappa shape index (κ3) is 2.51. The lowest BCUT2D eigenvalue weighted by atomic mass is 10.2. The van der Waals surface area contributed by atoms with Gasteiger partial charge in [0.2, 0.25) is 0 Å². The summed E-state index contributed by atoms with van der Waals surface area (Å²) >= 11 is 0. The molecule has 0 unspecified atom stereocenters. The molecule has 1 aromatic rings. The van der Waals surface area contributed by atoms with Gasteiger partial charge in [-0.2, -0.15) is 5.26 Å². The van der Waals surface area contributed by atoms with Crippen LogP contribution in [-0.4, -0.2) is 9.97 Å². The van der Waals surface area contributed by atoms with Crippen molar-refractivity contribution in [1.29, 1.82) is 5.26 Å². The lowest BCUT2D eigenvalue weighted by molar-refractivity contribution is 0.872. The van der Waals surface area contributed by atoms with E-state index in [0.29, 0.717) is 12.2 Å². The van der Waals surface area contributed by atoms with Gasteiger partial charge in [-0.3, -0.25) is 0 Å². The molecular formula is C10H13N3. The number of aryl methyl sites for hydroxylation is 2. The van der Waals surface area contributed by atoms with E-state index in [1.165, 1.54) is 0 Å². The molecular weight excluding hydrogens is 162 g/mol. The zero-order valence-electron chi connectivity index (χ0n) is 8.04. The average molecular weight is 175 g/mol. The van der Waals surface area contributed by atoms with Crippen molar-refractivity contribution < 1.29 is 0 Å². The second-order valence-corrected chi connectivity index (χ2v) is 2.81. The summed E-state index contributed by atoms with van der Waals surface area (Å²) in [6, 6.07) is 4.06. The predicted octanol–water partition coefficient (Wildman–Crippen LogP) is 1.67. The number of rotatable bonds is 3. The Morgan fingerprint density at radius 3 is 2.15 bits per heavy atom. The molecule has 0 aliphatic carbocycles. The Morgan fingerprint density at radius 1 is 1.23 bits per heavy atom. The Bertz CT molecular complexity index is 303. The van der Waals surface area contributed by atoms with Crippen molar-refractivity contribution in [3.63, 3.8) is 0 Å². The SMILES string of the molecule is CCc1cc(CC)nc(CC#N)n1. The fourth-order valence-corrected chi connectivity index (χ4v) is 1.13. The summed E-state index contributed by atoms with van der Waals surface area (Å²) in [5.41, 5.74) is 2.05. The van der Waals surface area contributed by atoms with Crippen LogP contribution >= 0.6 is 0 Å². The first-order valence-corrected chi connectivity index (χ1v) is 4.52. The summed E-state index contributed by atoms with van der Waals surface area (Å²) in [6.07, 6.45) is 2.10. The highest BCUT2D eigenvalue weighted by molar-refractivity contribution is 5.12. The molecule has 0 saturated heterocycles. The second-order valence-electron chi connectivity index (χ2n) is 2.81. The van der Waals surface area contributed by atoms with Crippen LogP contribution in [0.4, 0.5) is 0 Å². The Labute approximate surface area is 78.5 Å². The number of hydrogen-bond acceptors (Lipinski definition) is 3. The maximum atomic E-state index is 8.52. The van der Waals surface area contributed by atoms with E-state index in [2.05, 4.69) is 29.9 Å². The van der Waals surface area contributed by atoms with Crippen LogP contribution in [0.3, 0.4) is 0 Å². The van der Waals surface area contributed by atoms with Crippen LogP contribution in [0.15, 0.2) is 6.07 Å². The van der Waals surface area contributed by atoms with Gasteiger partial charge in [0.05, 0.1) is 12.5 Å². The van der Waals surface area contributed by atoms with Gasteiger partial charge in [0, 0.05) is 11.4 Å². The normalized spacial score (nSPS) is 9.62. The summed E-state index contributed by atoms with van der Waals surface area (Å²) in [5, 5.41) is 8.52. The van der Waals surface area contributed by atoms with E-state index in [-0.39, 0.29) is 0 Å². The molecule has 0 radical (unpaired) electrons. The minimum absolute atomic E-state index is 0.306. The van der Waals surface area contributed by atoms with Crippen molar-refractivity contribution in [2.45, 2.75) is 33.1 Å². The van der Waals surface area contributed by atoms with Gasteiger partial charge < -0.3 is 0 Å². The molecule has 0 fully saturated rings. The molecule has 1 heterocycles. The quantitative estimate of drug-likeness (QED) is 0.702. The van der Waals surface area contributed by atoms with Crippen LogP contribution in [0, 0.1) is 11.3 Å². The first kappa shape index (κ1) is 9.66. The molecule has 0 saturated carbocycles. The van der Waals surface area contributed by atoms with Crippen molar-refractivity contribution in [1.82, 2.24) is 9.97 Å². The highest BCUT2D eigenvalue weighted by Crippen LogP contribution is 2.03. The van der Waals surface area contributed by atoms with Crippen molar-refractivity contribution >= 4 is 0 Å². The largest absolute Gasteiger partial charge is 0.237 e. The van der Waals surface area contributed by atoms with Gasteiger partial charge in [0.25, 0.3) is 0 Å². The lowest BCUT2D eigenvalue weighted by Crippen LogP contribution is -2.01. The third-order valence-corrected chi connectivity index (χ3v) is 1.84. The summed E-state index contributed by atoms with van der Waals surface area (Å²) in [4.78, 5) is 8.51. The third-order valence-electron chi connectivity index (χ3n) is 1.84. The Balaban J connectivity index is 3.01. The number of nitrogens with zero attached hydrogens (tertiary/aromatic N) is 3. The monoisotopic (exact) mass is 175 g/mol. The first-order valence-electron chi connectivity index (χ1n) is 4.52. The summed E-state index contributed by atoms with van der Waals surface area (Å²) in [7, 11) is 0. The maximum absolute atomic E-state index is 8.52. The van der Waals surface area contributed by atoms with E-state index in [0.717, 1.165) is 24.2 Å². The van der Waals surface area contributed by atoms with Gasteiger partial charge >= 0.3 is 0 Å². The van der Waals surface area contributed by atoms with Crippen LogP contribution in [0.5, 0.6) is 0 Å². The average Bonchev–Trinajstić information content (AvgIpc) is 2.17. The highest BCUT2D eigenvalue weighted by atomic mass is 14.9. The second kappa shape index (κ2) is 4.56. The Morgan fingerprint density at radius 2 is 1.77 bits per heavy atom. The maximum Gasteiger partial charge on any atom is 0.142 e.